The summed E-state index contributed by atoms with van der Waals surface area (Å²) >= 11 is 0. The van der Waals surface area contributed by atoms with Crippen molar-refractivity contribution in [2.24, 2.45) is 0 Å². The van der Waals surface area contributed by atoms with E-state index in [4.69, 9.17) is 4.74 Å². The topological polar surface area (TPSA) is 60.4 Å². The van der Waals surface area contributed by atoms with Crippen molar-refractivity contribution in [2.45, 2.75) is 19.4 Å². The number of esters is 1. The Labute approximate surface area is 101 Å². The molecule has 1 aromatic carbocycles. The van der Waals surface area contributed by atoms with Crippen molar-refractivity contribution in [1.29, 1.82) is 0 Å². The quantitative estimate of drug-likeness (QED) is 0.747. The van der Waals surface area contributed by atoms with Crippen LogP contribution in [-0.4, -0.2) is 32.0 Å². The first-order valence-corrected chi connectivity index (χ1v) is 7.26. The van der Waals surface area contributed by atoms with E-state index in [0.29, 0.717) is 12.0 Å². The summed E-state index contributed by atoms with van der Waals surface area (Å²) in [5.74, 6) is -0.393. The van der Waals surface area contributed by atoms with Crippen LogP contribution < -0.4 is 0 Å². The van der Waals surface area contributed by atoms with E-state index in [2.05, 4.69) is 0 Å². The van der Waals surface area contributed by atoms with E-state index in [1.165, 1.54) is 0 Å². The molecule has 1 saturated heterocycles. The normalized spacial score (nSPS) is 22.3. The van der Waals surface area contributed by atoms with Crippen molar-refractivity contribution in [2.75, 3.05) is 11.5 Å². The van der Waals surface area contributed by atoms with Gasteiger partial charge in [-0.3, -0.25) is 0 Å². The highest BCUT2D eigenvalue weighted by molar-refractivity contribution is 7.91. The molecule has 0 aromatic heterocycles. The Hall–Kier alpha value is -1.36. The van der Waals surface area contributed by atoms with Gasteiger partial charge in [0.25, 0.3) is 0 Å². The Morgan fingerprint density at radius 1 is 1.29 bits per heavy atom. The first kappa shape index (κ1) is 12.1. The largest absolute Gasteiger partial charge is 0.458 e. The average Bonchev–Trinajstić information content (AvgIpc) is 2.59. The number of sulfone groups is 1. The zero-order valence-corrected chi connectivity index (χ0v) is 10.4. The molecule has 0 unspecified atom stereocenters. The van der Waals surface area contributed by atoms with E-state index >= 15 is 0 Å². The molecule has 0 saturated carbocycles. The third-order valence-corrected chi connectivity index (χ3v) is 4.49. The number of aryl methyl sites for hydroxylation is 1. The van der Waals surface area contributed by atoms with E-state index < -0.39 is 21.9 Å². The fraction of sp³-hybridized carbons (Fsp3) is 0.417. The lowest BCUT2D eigenvalue weighted by atomic mass is 10.1. The van der Waals surface area contributed by atoms with Crippen molar-refractivity contribution < 1.29 is 17.9 Å². The molecule has 2 rings (SSSR count). The number of carbonyl (C=O) groups is 1. The van der Waals surface area contributed by atoms with E-state index in [-0.39, 0.29) is 11.5 Å². The van der Waals surface area contributed by atoms with Gasteiger partial charge in [-0.25, -0.2) is 13.2 Å². The van der Waals surface area contributed by atoms with Gasteiger partial charge >= 0.3 is 5.97 Å². The minimum Gasteiger partial charge on any atom is -0.458 e. The summed E-state index contributed by atoms with van der Waals surface area (Å²) in [5.41, 5.74) is 1.52. The lowest BCUT2D eigenvalue weighted by molar-refractivity contribution is 0.0356. The molecule has 1 heterocycles. The van der Waals surface area contributed by atoms with Gasteiger partial charge < -0.3 is 4.74 Å². The summed E-state index contributed by atoms with van der Waals surface area (Å²) in [6.45, 7) is 1.93. The summed E-state index contributed by atoms with van der Waals surface area (Å²) in [5, 5.41) is 0. The molecule has 92 valence electrons. The van der Waals surface area contributed by atoms with Crippen molar-refractivity contribution >= 4 is 15.8 Å². The van der Waals surface area contributed by atoms with Crippen molar-refractivity contribution in [3.05, 3.63) is 35.4 Å². The number of hydrogen-bond acceptors (Lipinski definition) is 4. The SMILES string of the molecule is Cc1ccc(C(=O)O[C@@H]2CCS(=O)(=O)C2)cc1. The number of ether oxygens (including phenoxy) is 1. The Bertz CT molecular complexity index is 516. The monoisotopic (exact) mass is 254 g/mol. The van der Waals surface area contributed by atoms with Gasteiger partial charge in [-0.1, -0.05) is 17.7 Å². The third kappa shape index (κ3) is 3.06. The summed E-state index contributed by atoms with van der Waals surface area (Å²) in [6.07, 6.45) is -0.0891. The minimum atomic E-state index is -3.01. The first-order chi connectivity index (χ1) is 7.96. The molecule has 1 aliphatic rings. The Morgan fingerprint density at radius 3 is 2.47 bits per heavy atom. The molecule has 0 spiro atoms. The molecule has 1 aliphatic heterocycles. The van der Waals surface area contributed by atoms with Gasteiger partial charge in [-0.15, -0.1) is 0 Å². The lowest BCUT2D eigenvalue weighted by Gasteiger charge is -2.10. The van der Waals surface area contributed by atoms with Crippen LogP contribution in [0.4, 0.5) is 0 Å². The molecule has 4 nitrogen and oxygen atoms in total. The second-order valence-corrected chi connectivity index (χ2v) is 6.53. The lowest BCUT2D eigenvalue weighted by Crippen LogP contribution is -2.19. The summed E-state index contributed by atoms with van der Waals surface area (Å²) in [7, 11) is -3.01. The highest BCUT2D eigenvalue weighted by atomic mass is 32.2. The summed E-state index contributed by atoms with van der Waals surface area (Å²) in [6, 6.07) is 7.01. The Kier molecular flexibility index (Phi) is 3.19. The van der Waals surface area contributed by atoms with Crippen LogP contribution in [0.5, 0.6) is 0 Å². The Balaban J connectivity index is 2.01. The van der Waals surface area contributed by atoms with Crippen LogP contribution in [0.25, 0.3) is 0 Å². The molecule has 0 radical (unpaired) electrons. The molecular weight excluding hydrogens is 240 g/mol. The molecule has 5 heteroatoms. The molecule has 0 bridgehead atoms. The molecule has 1 aromatic rings. The van der Waals surface area contributed by atoms with Crippen LogP contribution in [0, 0.1) is 6.92 Å². The highest BCUT2D eigenvalue weighted by Gasteiger charge is 2.30. The highest BCUT2D eigenvalue weighted by Crippen LogP contribution is 2.16. The molecule has 0 amide bonds. The van der Waals surface area contributed by atoms with Gasteiger partial charge in [0.1, 0.15) is 6.10 Å². The van der Waals surface area contributed by atoms with Gasteiger partial charge in [-0.05, 0) is 25.5 Å². The molecule has 1 atom stereocenters. The van der Waals surface area contributed by atoms with Gasteiger partial charge in [0.05, 0.1) is 17.1 Å². The van der Waals surface area contributed by atoms with Gasteiger partial charge in [-0.2, -0.15) is 0 Å². The molecule has 17 heavy (non-hydrogen) atoms. The minimum absolute atomic E-state index is 0.0510. The second-order valence-electron chi connectivity index (χ2n) is 4.30. The van der Waals surface area contributed by atoms with E-state index in [0.717, 1.165) is 5.56 Å². The number of rotatable bonds is 2. The van der Waals surface area contributed by atoms with E-state index in [1.807, 2.05) is 19.1 Å². The van der Waals surface area contributed by atoms with Crippen LogP contribution >= 0.6 is 0 Å². The van der Waals surface area contributed by atoms with Crippen LogP contribution in [0.3, 0.4) is 0 Å². The van der Waals surface area contributed by atoms with E-state index in [1.54, 1.807) is 12.1 Å². The molecule has 0 aliphatic carbocycles. The zero-order chi connectivity index (χ0) is 12.5. The van der Waals surface area contributed by atoms with Crippen LogP contribution in [0.1, 0.15) is 22.3 Å². The average molecular weight is 254 g/mol. The predicted octanol–water partition coefficient (Wildman–Crippen LogP) is 1.34. The maximum atomic E-state index is 11.7. The first-order valence-electron chi connectivity index (χ1n) is 5.44. The predicted molar refractivity (Wildman–Crippen MR) is 63.7 cm³/mol. The van der Waals surface area contributed by atoms with Crippen LogP contribution in [0.2, 0.25) is 0 Å². The summed E-state index contributed by atoms with van der Waals surface area (Å²) in [4.78, 5) is 11.7. The number of benzene rings is 1. The summed E-state index contributed by atoms with van der Waals surface area (Å²) < 4.78 is 27.6. The zero-order valence-electron chi connectivity index (χ0n) is 9.55. The fourth-order valence-corrected chi connectivity index (χ4v) is 3.35. The molecular formula is C12H14O4S. The molecule has 0 N–H and O–H groups in total. The molecule has 1 fully saturated rings. The second kappa shape index (κ2) is 4.49. The third-order valence-electron chi connectivity index (χ3n) is 2.75. The van der Waals surface area contributed by atoms with Crippen molar-refractivity contribution in [1.82, 2.24) is 0 Å². The number of hydrogen-bond donors (Lipinski definition) is 0. The van der Waals surface area contributed by atoms with Crippen LogP contribution in [0.15, 0.2) is 24.3 Å². The van der Waals surface area contributed by atoms with Gasteiger partial charge in [0.15, 0.2) is 9.84 Å². The standard InChI is InChI=1S/C12H14O4S/c1-9-2-4-10(5-3-9)12(13)16-11-6-7-17(14,15)8-11/h2-5,11H,6-8H2,1H3/t11-/m1/s1. The van der Waals surface area contributed by atoms with Crippen molar-refractivity contribution in [3.63, 3.8) is 0 Å². The van der Waals surface area contributed by atoms with Crippen molar-refractivity contribution in [3.8, 4) is 0 Å². The number of carbonyl (C=O) groups excluding carboxylic acids is 1. The van der Waals surface area contributed by atoms with Crippen LogP contribution in [-0.2, 0) is 14.6 Å². The Morgan fingerprint density at radius 2 is 1.94 bits per heavy atom. The van der Waals surface area contributed by atoms with Gasteiger partial charge in [0, 0.05) is 0 Å². The maximum Gasteiger partial charge on any atom is 0.338 e. The van der Waals surface area contributed by atoms with E-state index in [9.17, 15) is 13.2 Å². The maximum absolute atomic E-state index is 11.7. The van der Waals surface area contributed by atoms with Gasteiger partial charge in [0.2, 0.25) is 0 Å². The smallest absolute Gasteiger partial charge is 0.338 e. The fourth-order valence-electron chi connectivity index (χ4n) is 1.76.